The van der Waals surface area contributed by atoms with Crippen LogP contribution in [0.15, 0.2) is 42.6 Å². The Labute approximate surface area is 182 Å². The minimum atomic E-state index is -0.482. The number of anilines is 2. The molecule has 0 radical (unpaired) electrons. The molecule has 162 valence electrons. The maximum atomic E-state index is 13.2. The topological polar surface area (TPSA) is 92.4 Å². The second-order valence-electron chi connectivity index (χ2n) is 8.22. The highest BCUT2D eigenvalue weighted by Crippen LogP contribution is 2.28. The number of aromatic nitrogens is 1. The first-order valence-electron chi connectivity index (χ1n) is 10.6. The molecule has 2 heterocycles. The lowest BCUT2D eigenvalue weighted by Crippen LogP contribution is -2.43. The molecule has 31 heavy (non-hydrogen) atoms. The first-order chi connectivity index (χ1) is 14.8. The van der Waals surface area contributed by atoms with E-state index in [1.165, 1.54) is 0 Å². The maximum Gasteiger partial charge on any atom is 0.248 e. The number of fused-ring (bicyclic) bond motifs is 1. The standard InChI is InChI=1S/C24H29N5O2/c1-15-4-6-19(28-10-8-26-9-11-28)13-21(15)27-24(31)17(3)29-14-16(2)20-7-5-18(23(25)30)12-22(20)29/h4-7,12-14,17,26H,8-11H2,1-3H3,(H2,25,30)(H,27,31). The summed E-state index contributed by atoms with van der Waals surface area (Å²) in [7, 11) is 0. The van der Waals surface area contributed by atoms with Crippen LogP contribution in [0.4, 0.5) is 11.4 Å². The van der Waals surface area contributed by atoms with Crippen molar-refractivity contribution in [3.05, 3.63) is 59.3 Å². The van der Waals surface area contributed by atoms with E-state index in [1.807, 2.05) is 43.7 Å². The molecule has 0 spiro atoms. The summed E-state index contributed by atoms with van der Waals surface area (Å²) >= 11 is 0. The van der Waals surface area contributed by atoms with Gasteiger partial charge in [0.05, 0.1) is 0 Å². The van der Waals surface area contributed by atoms with Gasteiger partial charge >= 0.3 is 0 Å². The fourth-order valence-electron chi connectivity index (χ4n) is 4.13. The van der Waals surface area contributed by atoms with Crippen LogP contribution in [0.25, 0.3) is 10.9 Å². The number of hydrogen-bond acceptors (Lipinski definition) is 4. The summed E-state index contributed by atoms with van der Waals surface area (Å²) in [6.45, 7) is 9.67. The number of rotatable bonds is 5. The zero-order valence-electron chi connectivity index (χ0n) is 18.2. The average Bonchev–Trinajstić information content (AvgIpc) is 3.11. The smallest absolute Gasteiger partial charge is 0.248 e. The molecule has 1 aliphatic heterocycles. The van der Waals surface area contributed by atoms with Gasteiger partial charge in [0.25, 0.3) is 0 Å². The lowest BCUT2D eigenvalue weighted by molar-refractivity contribution is -0.118. The summed E-state index contributed by atoms with van der Waals surface area (Å²) in [5, 5.41) is 7.47. The zero-order chi connectivity index (χ0) is 22.1. The number of carbonyl (C=O) groups excluding carboxylic acids is 2. The van der Waals surface area contributed by atoms with Gasteiger partial charge in [-0.25, -0.2) is 0 Å². The monoisotopic (exact) mass is 419 g/mol. The fraction of sp³-hybridized carbons (Fsp3) is 0.333. The Morgan fingerprint density at radius 3 is 2.52 bits per heavy atom. The number of benzene rings is 2. The molecule has 1 saturated heterocycles. The van der Waals surface area contributed by atoms with E-state index in [0.717, 1.165) is 59.6 Å². The minimum Gasteiger partial charge on any atom is -0.369 e. The highest BCUT2D eigenvalue weighted by atomic mass is 16.2. The van der Waals surface area contributed by atoms with E-state index >= 15 is 0 Å². The van der Waals surface area contributed by atoms with Crippen LogP contribution in [-0.4, -0.2) is 42.6 Å². The molecule has 7 nitrogen and oxygen atoms in total. The van der Waals surface area contributed by atoms with Gasteiger partial charge in [-0.1, -0.05) is 12.1 Å². The predicted molar refractivity (Wildman–Crippen MR) is 125 cm³/mol. The number of nitrogens with two attached hydrogens (primary N) is 1. The molecule has 1 fully saturated rings. The van der Waals surface area contributed by atoms with Crippen LogP contribution in [0.1, 0.15) is 34.5 Å². The number of nitrogens with zero attached hydrogens (tertiary/aromatic N) is 2. The highest BCUT2D eigenvalue weighted by Gasteiger charge is 2.20. The van der Waals surface area contributed by atoms with Crippen LogP contribution in [0.3, 0.4) is 0 Å². The average molecular weight is 420 g/mol. The zero-order valence-corrected chi connectivity index (χ0v) is 18.2. The van der Waals surface area contributed by atoms with Crippen LogP contribution in [-0.2, 0) is 4.79 Å². The van der Waals surface area contributed by atoms with Gasteiger partial charge in [0.1, 0.15) is 6.04 Å². The molecule has 1 unspecified atom stereocenters. The molecule has 7 heteroatoms. The summed E-state index contributed by atoms with van der Waals surface area (Å²) in [5.41, 5.74) is 10.7. The Kier molecular flexibility index (Phi) is 5.69. The Bertz CT molecular complexity index is 1140. The van der Waals surface area contributed by atoms with E-state index in [-0.39, 0.29) is 5.91 Å². The van der Waals surface area contributed by atoms with Crippen LogP contribution in [0.5, 0.6) is 0 Å². The molecule has 1 atom stereocenters. The first kappa shape index (κ1) is 20.9. The molecule has 1 aromatic heterocycles. The van der Waals surface area contributed by atoms with Gasteiger partial charge in [0, 0.05) is 60.2 Å². The molecule has 3 aromatic rings. The van der Waals surface area contributed by atoms with Crippen LogP contribution >= 0.6 is 0 Å². The molecule has 4 N–H and O–H groups in total. The lowest BCUT2D eigenvalue weighted by atomic mass is 10.1. The van der Waals surface area contributed by atoms with E-state index in [1.54, 1.807) is 12.1 Å². The van der Waals surface area contributed by atoms with Crippen molar-refractivity contribution in [2.75, 3.05) is 36.4 Å². The molecule has 2 amide bonds. The van der Waals surface area contributed by atoms with Crippen LogP contribution in [0.2, 0.25) is 0 Å². The van der Waals surface area contributed by atoms with Crippen molar-refractivity contribution in [1.82, 2.24) is 9.88 Å². The molecule has 0 bridgehead atoms. The van der Waals surface area contributed by atoms with Crippen molar-refractivity contribution in [2.24, 2.45) is 5.73 Å². The van der Waals surface area contributed by atoms with Gasteiger partial charge in [-0.2, -0.15) is 0 Å². The Morgan fingerprint density at radius 1 is 1.06 bits per heavy atom. The quantitative estimate of drug-likeness (QED) is 0.593. The Morgan fingerprint density at radius 2 is 1.81 bits per heavy atom. The number of amides is 2. The molecule has 0 aliphatic carbocycles. The number of nitrogens with one attached hydrogen (secondary N) is 2. The normalized spacial score (nSPS) is 15.1. The molecular weight excluding hydrogens is 390 g/mol. The van der Waals surface area contributed by atoms with Gasteiger partial charge < -0.3 is 25.8 Å². The Balaban J connectivity index is 1.60. The number of hydrogen-bond donors (Lipinski definition) is 3. The third-order valence-electron chi connectivity index (χ3n) is 6.08. The summed E-state index contributed by atoms with van der Waals surface area (Å²) in [4.78, 5) is 27.1. The molecular formula is C24H29N5O2. The largest absolute Gasteiger partial charge is 0.369 e. The van der Waals surface area contributed by atoms with Crippen molar-refractivity contribution in [2.45, 2.75) is 26.8 Å². The summed E-state index contributed by atoms with van der Waals surface area (Å²) in [6, 6.07) is 11.1. The second kappa shape index (κ2) is 8.43. The number of aryl methyl sites for hydroxylation is 2. The number of primary amides is 1. The summed E-state index contributed by atoms with van der Waals surface area (Å²) in [5.74, 6) is -0.591. The first-order valence-corrected chi connectivity index (χ1v) is 10.6. The number of piperazine rings is 1. The summed E-state index contributed by atoms with van der Waals surface area (Å²) < 4.78 is 1.90. The third kappa shape index (κ3) is 4.14. The van der Waals surface area contributed by atoms with Crippen molar-refractivity contribution < 1.29 is 9.59 Å². The SMILES string of the molecule is Cc1ccc(N2CCNCC2)cc1NC(=O)C(C)n1cc(C)c2ccc(C(N)=O)cc21. The van der Waals surface area contributed by atoms with Gasteiger partial charge in [-0.05, 0) is 56.2 Å². The molecule has 2 aromatic carbocycles. The van der Waals surface area contributed by atoms with Gasteiger partial charge in [0.2, 0.25) is 11.8 Å². The van der Waals surface area contributed by atoms with E-state index < -0.39 is 11.9 Å². The predicted octanol–water partition coefficient (Wildman–Crippen LogP) is 2.97. The van der Waals surface area contributed by atoms with E-state index in [4.69, 9.17) is 5.73 Å². The Hall–Kier alpha value is -3.32. The van der Waals surface area contributed by atoms with Gasteiger partial charge in [-0.15, -0.1) is 0 Å². The second-order valence-corrected chi connectivity index (χ2v) is 8.22. The number of carbonyl (C=O) groups is 2. The molecule has 1 aliphatic rings. The van der Waals surface area contributed by atoms with Crippen molar-refractivity contribution in [1.29, 1.82) is 0 Å². The van der Waals surface area contributed by atoms with Gasteiger partial charge in [-0.3, -0.25) is 9.59 Å². The maximum absolute atomic E-state index is 13.2. The van der Waals surface area contributed by atoms with Gasteiger partial charge in [0.15, 0.2) is 0 Å². The van der Waals surface area contributed by atoms with Crippen LogP contribution in [0, 0.1) is 13.8 Å². The van der Waals surface area contributed by atoms with Crippen molar-refractivity contribution in [3.8, 4) is 0 Å². The van der Waals surface area contributed by atoms with Crippen molar-refractivity contribution >= 4 is 34.1 Å². The van der Waals surface area contributed by atoms with E-state index in [9.17, 15) is 9.59 Å². The third-order valence-corrected chi connectivity index (χ3v) is 6.08. The fourth-order valence-corrected chi connectivity index (χ4v) is 4.13. The molecule has 4 rings (SSSR count). The van der Waals surface area contributed by atoms with E-state index in [0.29, 0.717) is 5.56 Å². The molecule has 0 saturated carbocycles. The minimum absolute atomic E-state index is 0.109. The van der Waals surface area contributed by atoms with Crippen molar-refractivity contribution in [3.63, 3.8) is 0 Å². The highest BCUT2D eigenvalue weighted by molar-refractivity contribution is 5.99. The van der Waals surface area contributed by atoms with E-state index in [2.05, 4.69) is 27.7 Å². The van der Waals surface area contributed by atoms with Crippen LogP contribution < -0.4 is 21.3 Å². The lowest BCUT2D eigenvalue weighted by Gasteiger charge is -2.30. The summed E-state index contributed by atoms with van der Waals surface area (Å²) in [6.07, 6.45) is 1.95.